The fourth-order valence-electron chi connectivity index (χ4n) is 2.87. The van der Waals surface area contributed by atoms with Gasteiger partial charge in [0, 0.05) is 45.3 Å². The summed E-state index contributed by atoms with van der Waals surface area (Å²) >= 11 is 0. The number of carbonyl (C=O) groups excluding carboxylic acids is 1. The lowest BCUT2D eigenvalue weighted by atomic mass is 10.0. The molecule has 2 fully saturated rings. The second-order valence-corrected chi connectivity index (χ2v) is 5.66. The molecule has 21 heavy (non-hydrogen) atoms. The maximum Gasteiger partial charge on any atom is 0.227 e. The number of nitrogens with one attached hydrogen (secondary N) is 1. The average Bonchev–Trinajstić information content (AvgIpc) is 2.42. The Kier molecular flexibility index (Phi) is 4.17. The van der Waals surface area contributed by atoms with Gasteiger partial charge < -0.3 is 10.2 Å². The highest BCUT2D eigenvalue weighted by Crippen LogP contribution is 2.18. The normalized spacial score (nSPS) is 20.4. The predicted octanol–water partition coefficient (Wildman–Crippen LogP) is 0.623. The average molecular weight is 295 g/mol. The summed E-state index contributed by atoms with van der Waals surface area (Å²) in [4.78, 5) is 16.3. The van der Waals surface area contributed by atoms with Crippen LogP contribution in [0.25, 0.3) is 0 Å². The van der Waals surface area contributed by atoms with Crippen molar-refractivity contribution in [2.24, 2.45) is 0 Å². The molecule has 0 aliphatic carbocycles. The Morgan fingerprint density at radius 2 is 1.90 bits per heavy atom. The second kappa shape index (κ2) is 6.07. The molecule has 114 valence electrons. The molecule has 0 bridgehead atoms. The van der Waals surface area contributed by atoms with E-state index in [-0.39, 0.29) is 12.3 Å². The van der Waals surface area contributed by atoms with E-state index < -0.39 is 11.6 Å². The number of hydrogen-bond acceptors (Lipinski definition) is 3. The van der Waals surface area contributed by atoms with Gasteiger partial charge in [0.2, 0.25) is 5.91 Å². The molecule has 1 amide bonds. The minimum Gasteiger partial charge on any atom is -0.339 e. The molecular formula is C15H19F2N3O. The zero-order valence-electron chi connectivity index (χ0n) is 11.8. The van der Waals surface area contributed by atoms with Crippen LogP contribution in [0, 0.1) is 11.6 Å². The largest absolute Gasteiger partial charge is 0.339 e. The van der Waals surface area contributed by atoms with E-state index in [4.69, 9.17) is 0 Å². The number of piperazine rings is 1. The van der Waals surface area contributed by atoms with Crippen LogP contribution >= 0.6 is 0 Å². The Morgan fingerprint density at radius 1 is 1.19 bits per heavy atom. The van der Waals surface area contributed by atoms with E-state index >= 15 is 0 Å². The third-order valence-electron chi connectivity index (χ3n) is 4.22. The van der Waals surface area contributed by atoms with Gasteiger partial charge >= 0.3 is 0 Å². The summed E-state index contributed by atoms with van der Waals surface area (Å²) in [7, 11) is 0. The van der Waals surface area contributed by atoms with Gasteiger partial charge in [0.1, 0.15) is 0 Å². The quantitative estimate of drug-likeness (QED) is 0.888. The van der Waals surface area contributed by atoms with E-state index in [2.05, 4.69) is 10.2 Å². The van der Waals surface area contributed by atoms with Gasteiger partial charge in [-0.25, -0.2) is 8.78 Å². The van der Waals surface area contributed by atoms with Crippen molar-refractivity contribution in [3.8, 4) is 0 Å². The Balaban J connectivity index is 1.50. The van der Waals surface area contributed by atoms with Gasteiger partial charge in [-0.3, -0.25) is 9.69 Å². The first-order valence-electron chi connectivity index (χ1n) is 7.30. The van der Waals surface area contributed by atoms with Crippen molar-refractivity contribution in [2.75, 3.05) is 39.3 Å². The first-order valence-corrected chi connectivity index (χ1v) is 7.30. The first kappa shape index (κ1) is 14.4. The van der Waals surface area contributed by atoms with Crippen LogP contribution in [0.2, 0.25) is 0 Å². The van der Waals surface area contributed by atoms with E-state index in [1.165, 1.54) is 6.07 Å². The van der Waals surface area contributed by atoms with Crippen LogP contribution in [-0.4, -0.2) is 61.0 Å². The summed E-state index contributed by atoms with van der Waals surface area (Å²) in [5, 5.41) is 3.31. The Bertz CT molecular complexity index is 526. The minimum absolute atomic E-state index is 0.0209. The molecule has 0 spiro atoms. The fraction of sp³-hybridized carbons (Fsp3) is 0.533. The van der Waals surface area contributed by atoms with Gasteiger partial charge in [-0.1, -0.05) is 6.07 Å². The summed E-state index contributed by atoms with van der Waals surface area (Å²) in [6.45, 7) is 5.52. The smallest absolute Gasteiger partial charge is 0.227 e. The fourth-order valence-corrected chi connectivity index (χ4v) is 2.87. The number of likely N-dealkylation sites (tertiary alicyclic amines) is 1. The molecule has 2 aliphatic heterocycles. The zero-order chi connectivity index (χ0) is 14.8. The predicted molar refractivity (Wildman–Crippen MR) is 74.9 cm³/mol. The summed E-state index contributed by atoms with van der Waals surface area (Å²) in [6.07, 6.45) is 0.130. The third-order valence-corrected chi connectivity index (χ3v) is 4.22. The second-order valence-electron chi connectivity index (χ2n) is 5.66. The van der Waals surface area contributed by atoms with Crippen molar-refractivity contribution in [1.82, 2.24) is 15.1 Å². The van der Waals surface area contributed by atoms with E-state index in [9.17, 15) is 13.6 Å². The van der Waals surface area contributed by atoms with Crippen LogP contribution in [0.1, 0.15) is 5.56 Å². The lowest BCUT2D eigenvalue weighted by Gasteiger charge is -2.46. The number of benzene rings is 1. The first-order chi connectivity index (χ1) is 10.1. The highest BCUT2D eigenvalue weighted by molar-refractivity contribution is 5.79. The monoisotopic (exact) mass is 295 g/mol. The molecule has 0 radical (unpaired) electrons. The maximum atomic E-state index is 13.1. The number of carbonyl (C=O) groups is 1. The van der Waals surface area contributed by atoms with Gasteiger partial charge in [-0.2, -0.15) is 0 Å². The molecule has 0 unspecified atom stereocenters. The zero-order valence-corrected chi connectivity index (χ0v) is 11.8. The highest BCUT2D eigenvalue weighted by Gasteiger charge is 2.34. The van der Waals surface area contributed by atoms with E-state index in [0.717, 1.165) is 51.4 Å². The summed E-state index contributed by atoms with van der Waals surface area (Å²) in [5.41, 5.74) is 0.518. The van der Waals surface area contributed by atoms with Gasteiger partial charge in [0.25, 0.3) is 0 Å². The molecule has 2 aliphatic rings. The van der Waals surface area contributed by atoms with E-state index in [0.29, 0.717) is 11.6 Å². The molecule has 1 N–H and O–H groups in total. The van der Waals surface area contributed by atoms with Crippen LogP contribution in [-0.2, 0) is 11.2 Å². The summed E-state index contributed by atoms with van der Waals surface area (Å²) in [5.74, 6) is -1.80. The molecule has 3 rings (SSSR count). The SMILES string of the molecule is O=C(Cc1ccc(F)c(F)c1)N1CC(N2CCNCC2)C1. The highest BCUT2D eigenvalue weighted by atomic mass is 19.2. The van der Waals surface area contributed by atoms with E-state index in [1.54, 1.807) is 4.90 Å². The Morgan fingerprint density at radius 3 is 2.57 bits per heavy atom. The Hall–Kier alpha value is -1.53. The van der Waals surface area contributed by atoms with Crippen molar-refractivity contribution in [3.63, 3.8) is 0 Å². The molecular weight excluding hydrogens is 276 g/mol. The van der Waals surface area contributed by atoms with Crippen LogP contribution in [0.3, 0.4) is 0 Å². The van der Waals surface area contributed by atoms with Gasteiger partial charge in [-0.15, -0.1) is 0 Å². The third kappa shape index (κ3) is 3.22. The molecule has 0 aromatic heterocycles. The van der Waals surface area contributed by atoms with Crippen LogP contribution in [0.4, 0.5) is 8.78 Å². The topological polar surface area (TPSA) is 35.6 Å². The molecule has 4 nitrogen and oxygen atoms in total. The molecule has 1 aromatic carbocycles. The lowest BCUT2D eigenvalue weighted by molar-refractivity contribution is -0.138. The van der Waals surface area contributed by atoms with Crippen LogP contribution in [0.15, 0.2) is 18.2 Å². The number of halogens is 2. The maximum absolute atomic E-state index is 13.1. The Labute approximate surface area is 122 Å². The number of rotatable bonds is 3. The van der Waals surface area contributed by atoms with Gasteiger partial charge in [0.05, 0.1) is 6.42 Å². The number of hydrogen-bond donors (Lipinski definition) is 1. The molecule has 6 heteroatoms. The van der Waals surface area contributed by atoms with Crippen molar-refractivity contribution in [3.05, 3.63) is 35.4 Å². The van der Waals surface area contributed by atoms with Crippen molar-refractivity contribution >= 4 is 5.91 Å². The minimum atomic E-state index is -0.900. The molecule has 2 heterocycles. The van der Waals surface area contributed by atoms with Crippen molar-refractivity contribution in [2.45, 2.75) is 12.5 Å². The van der Waals surface area contributed by atoms with Crippen LogP contribution < -0.4 is 5.32 Å². The van der Waals surface area contributed by atoms with Crippen molar-refractivity contribution < 1.29 is 13.6 Å². The lowest BCUT2D eigenvalue weighted by Crippen LogP contribution is -2.64. The summed E-state index contributed by atoms with van der Waals surface area (Å²) < 4.78 is 26.0. The number of amides is 1. The molecule has 0 atom stereocenters. The van der Waals surface area contributed by atoms with Crippen LogP contribution in [0.5, 0.6) is 0 Å². The van der Waals surface area contributed by atoms with E-state index in [1.807, 2.05) is 0 Å². The van der Waals surface area contributed by atoms with Gasteiger partial charge in [0.15, 0.2) is 11.6 Å². The molecule has 1 aromatic rings. The van der Waals surface area contributed by atoms with Crippen molar-refractivity contribution in [1.29, 1.82) is 0 Å². The summed E-state index contributed by atoms with van der Waals surface area (Å²) in [6, 6.07) is 4.07. The number of nitrogens with zero attached hydrogens (tertiary/aromatic N) is 2. The standard InChI is InChI=1S/C15H19F2N3O/c16-13-2-1-11(7-14(13)17)8-15(21)20-9-12(10-20)19-5-3-18-4-6-19/h1-2,7,12,18H,3-6,8-10H2. The molecule has 0 saturated carbocycles. The molecule has 2 saturated heterocycles. The van der Waals surface area contributed by atoms with Gasteiger partial charge in [-0.05, 0) is 17.7 Å².